The highest BCUT2D eigenvalue weighted by Gasteiger charge is 2.38. The molecule has 1 aromatic heterocycles. The van der Waals surface area contributed by atoms with Crippen LogP contribution in [0.1, 0.15) is 32.6 Å². The van der Waals surface area contributed by atoms with Crippen LogP contribution in [-0.2, 0) is 19.0 Å². The standard InChI is InChI=1S/C20H17F3N2O2/c1-12-9-14(8-7-13-5-3-2-4-6-13)10-15-17(20(21,22)23)16(19(26)25-27)11-24-18(12)15/h2-6,9-11,27H,7-8H2,1H3,(H,25,26). The maximum absolute atomic E-state index is 13.7. The van der Waals surface area contributed by atoms with Crippen LogP contribution >= 0.6 is 0 Å². The Hall–Kier alpha value is -2.93. The number of aryl methyl sites for hydroxylation is 3. The Labute approximate surface area is 153 Å². The van der Waals surface area contributed by atoms with Crippen LogP contribution in [0.15, 0.2) is 48.7 Å². The second-order valence-electron chi connectivity index (χ2n) is 6.28. The van der Waals surface area contributed by atoms with E-state index >= 15 is 0 Å². The van der Waals surface area contributed by atoms with Crippen molar-refractivity contribution in [2.45, 2.75) is 25.9 Å². The molecular formula is C20H17F3N2O2. The van der Waals surface area contributed by atoms with Gasteiger partial charge in [0, 0.05) is 11.6 Å². The molecule has 2 aromatic carbocycles. The van der Waals surface area contributed by atoms with Crippen molar-refractivity contribution in [1.82, 2.24) is 10.5 Å². The number of amides is 1. The number of halogens is 3. The Bertz CT molecular complexity index is 986. The third-order valence-corrected chi connectivity index (χ3v) is 4.40. The van der Waals surface area contributed by atoms with Crippen molar-refractivity contribution in [1.29, 1.82) is 0 Å². The zero-order valence-electron chi connectivity index (χ0n) is 14.5. The lowest BCUT2D eigenvalue weighted by molar-refractivity contribution is -0.136. The van der Waals surface area contributed by atoms with E-state index in [1.165, 1.54) is 11.5 Å². The van der Waals surface area contributed by atoms with Crippen molar-refractivity contribution >= 4 is 16.8 Å². The van der Waals surface area contributed by atoms with Gasteiger partial charge in [-0.3, -0.25) is 15.0 Å². The third kappa shape index (κ3) is 3.93. The molecule has 0 atom stereocenters. The normalized spacial score (nSPS) is 11.6. The lowest BCUT2D eigenvalue weighted by atomic mass is 9.95. The number of nitrogens with zero attached hydrogens (tertiary/aromatic N) is 1. The maximum atomic E-state index is 13.7. The molecule has 0 radical (unpaired) electrons. The molecule has 2 N–H and O–H groups in total. The summed E-state index contributed by atoms with van der Waals surface area (Å²) in [5.74, 6) is -1.25. The van der Waals surface area contributed by atoms with Crippen LogP contribution in [0.4, 0.5) is 13.2 Å². The lowest BCUT2D eigenvalue weighted by Gasteiger charge is -2.16. The van der Waals surface area contributed by atoms with E-state index in [2.05, 4.69) is 4.98 Å². The number of alkyl halides is 3. The van der Waals surface area contributed by atoms with Gasteiger partial charge >= 0.3 is 6.18 Å². The molecule has 0 bridgehead atoms. The first kappa shape index (κ1) is 18.8. The molecule has 3 rings (SSSR count). The van der Waals surface area contributed by atoms with E-state index < -0.39 is 23.2 Å². The number of carbonyl (C=O) groups excluding carboxylic acids is 1. The van der Waals surface area contributed by atoms with Gasteiger partial charge in [-0.2, -0.15) is 13.2 Å². The van der Waals surface area contributed by atoms with Gasteiger partial charge in [0.25, 0.3) is 5.91 Å². The Balaban J connectivity index is 2.12. The molecule has 0 fully saturated rings. The van der Waals surface area contributed by atoms with Gasteiger partial charge in [-0.15, -0.1) is 0 Å². The van der Waals surface area contributed by atoms with Crippen molar-refractivity contribution in [2.24, 2.45) is 0 Å². The van der Waals surface area contributed by atoms with Gasteiger partial charge in [-0.25, -0.2) is 5.48 Å². The molecule has 0 spiro atoms. The van der Waals surface area contributed by atoms with E-state index in [1.807, 2.05) is 36.4 Å². The van der Waals surface area contributed by atoms with Crippen LogP contribution in [0.25, 0.3) is 10.9 Å². The molecule has 3 aromatic rings. The van der Waals surface area contributed by atoms with Crippen LogP contribution < -0.4 is 5.48 Å². The summed E-state index contributed by atoms with van der Waals surface area (Å²) in [6, 6.07) is 12.9. The van der Waals surface area contributed by atoms with E-state index in [-0.39, 0.29) is 10.9 Å². The monoisotopic (exact) mass is 374 g/mol. The summed E-state index contributed by atoms with van der Waals surface area (Å²) in [7, 11) is 0. The predicted molar refractivity (Wildman–Crippen MR) is 94.6 cm³/mol. The number of rotatable bonds is 4. The molecule has 27 heavy (non-hydrogen) atoms. The SMILES string of the molecule is Cc1cc(CCc2ccccc2)cc2c(C(F)(F)F)c(C(=O)NO)cnc12. The van der Waals surface area contributed by atoms with Crippen molar-refractivity contribution in [2.75, 3.05) is 0 Å². The van der Waals surface area contributed by atoms with Crippen molar-refractivity contribution in [3.63, 3.8) is 0 Å². The zero-order valence-corrected chi connectivity index (χ0v) is 14.5. The summed E-state index contributed by atoms with van der Waals surface area (Å²) in [6.45, 7) is 1.69. The largest absolute Gasteiger partial charge is 0.417 e. The van der Waals surface area contributed by atoms with Gasteiger partial charge < -0.3 is 0 Å². The molecule has 0 aliphatic rings. The minimum absolute atomic E-state index is 0.147. The second-order valence-corrected chi connectivity index (χ2v) is 6.28. The van der Waals surface area contributed by atoms with E-state index in [4.69, 9.17) is 5.21 Å². The van der Waals surface area contributed by atoms with Crippen molar-refractivity contribution in [3.8, 4) is 0 Å². The lowest BCUT2D eigenvalue weighted by Crippen LogP contribution is -2.24. The average Bonchev–Trinajstić information content (AvgIpc) is 2.64. The summed E-state index contributed by atoms with van der Waals surface area (Å²) in [6.07, 6.45) is -2.70. The van der Waals surface area contributed by atoms with Gasteiger partial charge in [0.1, 0.15) is 0 Å². The highest BCUT2D eigenvalue weighted by molar-refractivity contribution is 6.00. The highest BCUT2D eigenvalue weighted by Crippen LogP contribution is 2.38. The topological polar surface area (TPSA) is 62.2 Å². The van der Waals surface area contributed by atoms with Crippen LogP contribution in [0.5, 0.6) is 0 Å². The van der Waals surface area contributed by atoms with E-state index in [1.54, 1.807) is 6.92 Å². The minimum Gasteiger partial charge on any atom is -0.288 e. The van der Waals surface area contributed by atoms with Crippen molar-refractivity contribution < 1.29 is 23.2 Å². The number of hydroxylamine groups is 1. The van der Waals surface area contributed by atoms with Gasteiger partial charge in [-0.1, -0.05) is 36.4 Å². The number of aromatic nitrogens is 1. The number of benzene rings is 2. The smallest absolute Gasteiger partial charge is 0.288 e. The zero-order chi connectivity index (χ0) is 19.6. The van der Waals surface area contributed by atoms with Crippen LogP contribution in [0, 0.1) is 6.92 Å². The predicted octanol–water partition coefficient (Wildman–Crippen LogP) is 4.47. The first-order chi connectivity index (χ1) is 12.8. The third-order valence-electron chi connectivity index (χ3n) is 4.40. The summed E-state index contributed by atoms with van der Waals surface area (Å²) in [5.41, 5.74) is 2.03. The Kier molecular flexibility index (Phi) is 5.14. The molecule has 0 saturated heterocycles. The number of fused-ring (bicyclic) bond motifs is 1. The van der Waals surface area contributed by atoms with E-state index in [0.717, 1.165) is 17.3 Å². The number of pyridine rings is 1. The number of nitrogens with one attached hydrogen (secondary N) is 1. The first-order valence-corrected chi connectivity index (χ1v) is 8.29. The minimum atomic E-state index is -4.77. The summed E-state index contributed by atoms with van der Waals surface area (Å²) < 4.78 is 41.1. The van der Waals surface area contributed by atoms with Gasteiger partial charge in [0.15, 0.2) is 0 Å². The highest BCUT2D eigenvalue weighted by atomic mass is 19.4. The van der Waals surface area contributed by atoms with Gasteiger partial charge in [-0.05, 0) is 42.5 Å². The second kappa shape index (κ2) is 7.36. The fraction of sp³-hybridized carbons (Fsp3) is 0.200. The molecule has 0 aliphatic heterocycles. The molecule has 1 amide bonds. The molecule has 4 nitrogen and oxygen atoms in total. The summed E-state index contributed by atoms with van der Waals surface area (Å²) in [4.78, 5) is 15.7. The molecule has 0 aliphatic carbocycles. The van der Waals surface area contributed by atoms with Crippen LogP contribution in [0.3, 0.4) is 0 Å². The summed E-state index contributed by atoms with van der Waals surface area (Å²) in [5, 5.41) is 8.63. The number of carbonyl (C=O) groups is 1. The Morgan fingerprint density at radius 3 is 2.41 bits per heavy atom. The maximum Gasteiger partial charge on any atom is 0.417 e. The van der Waals surface area contributed by atoms with E-state index in [0.29, 0.717) is 18.4 Å². The van der Waals surface area contributed by atoms with Crippen LogP contribution in [-0.4, -0.2) is 16.1 Å². The molecule has 7 heteroatoms. The van der Waals surface area contributed by atoms with Crippen molar-refractivity contribution in [3.05, 3.63) is 76.5 Å². The van der Waals surface area contributed by atoms with Crippen LogP contribution in [0.2, 0.25) is 0 Å². The molecule has 1 heterocycles. The number of hydrogen-bond donors (Lipinski definition) is 2. The molecule has 0 unspecified atom stereocenters. The summed E-state index contributed by atoms with van der Waals surface area (Å²) >= 11 is 0. The van der Waals surface area contributed by atoms with Gasteiger partial charge in [0.05, 0.1) is 16.6 Å². The van der Waals surface area contributed by atoms with E-state index in [9.17, 15) is 18.0 Å². The number of hydrogen-bond acceptors (Lipinski definition) is 3. The fourth-order valence-corrected chi connectivity index (χ4v) is 3.17. The molecule has 0 saturated carbocycles. The quantitative estimate of drug-likeness (QED) is 0.523. The first-order valence-electron chi connectivity index (χ1n) is 8.29. The average molecular weight is 374 g/mol. The molecule has 140 valence electrons. The van der Waals surface area contributed by atoms with Gasteiger partial charge in [0.2, 0.25) is 0 Å². The Morgan fingerprint density at radius 2 is 1.78 bits per heavy atom. The Morgan fingerprint density at radius 1 is 1.11 bits per heavy atom. The molecular weight excluding hydrogens is 357 g/mol. The fourth-order valence-electron chi connectivity index (χ4n) is 3.17.